The predicted octanol–water partition coefficient (Wildman–Crippen LogP) is 8.31. The maximum Gasteiger partial charge on any atom is 0.308 e. The van der Waals surface area contributed by atoms with Gasteiger partial charge in [0.15, 0.2) is 5.78 Å². The van der Waals surface area contributed by atoms with Crippen molar-refractivity contribution in [3.8, 4) is 0 Å². The van der Waals surface area contributed by atoms with Gasteiger partial charge in [-0.05, 0) is 74.9 Å². The monoisotopic (exact) mass is 1050 g/mol. The molecule has 0 aliphatic heterocycles. The standard InChI is InChI=1S/C56H81N3O12S2/c1-38(2)30-70-52(61)22-24-66-26-27-68-32-42(7)29-57-56(65)50(28-51(60)58-44(9)35-69-34-43(8)33-67-25-23-53(62)71-31-39(3)4)59-55(64)46-16-14-45(15-17-46)54(63)47(36-72-48-18-10-40(5)11-19-48)37-73-49-20-12-41(6)13-21-49/h10-21,38-39,42-44,47,50H,22-37H2,1-9H3,(H,57,65)(H,58,60)(H,59,64). The van der Waals surface area contributed by atoms with Crippen LogP contribution in [0.25, 0.3) is 0 Å². The Balaban J connectivity index is 1.60. The zero-order valence-corrected chi connectivity index (χ0v) is 46.1. The van der Waals surface area contributed by atoms with Gasteiger partial charge in [0.05, 0.1) is 85.3 Å². The fourth-order valence-corrected chi connectivity index (χ4v) is 8.74. The molecule has 0 spiro atoms. The number of carbonyl (C=O) groups is 6. The molecule has 0 heterocycles. The summed E-state index contributed by atoms with van der Waals surface area (Å²) < 4.78 is 33.0. The van der Waals surface area contributed by atoms with Gasteiger partial charge in [0.2, 0.25) is 11.8 Å². The van der Waals surface area contributed by atoms with Crippen molar-refractivity contribution < 1.29 is 57.2 Å². The number of amides is 3. The van der Waals surface area contributed by atoms with Crippen molar-refractivity contribution in [2.75, 3.05) is 84.1 Å². The van der Waals surface area contributed by atoms with Gasteiger partial charge >= 0.3 is 11.9 Å². The summed E-state index contributed by atoms with van der Waals surface area (Å²) in [6.07, 6.45) is -0.0247. The first-order chi connectivity index (χ1) is 34.9. The highest BCUT2D eigenvalue weighted by Gasteiger charge is 2.27. The molecule has 0 aliphatic carbocycles. The van der Waals surface area contributed by atoms with Gasteiger partial charge in [0, 0.05) is 56.8 Å². The number of hydrogen-bond acceptors (Lipinski definition) is 14. The van der Waals surface area contributed by atoms with Crippen LogP contribution in [0.5, 0.6) is 0 Å². The van der Waals surface area contributed by atoms with Gasteiger partial charge in [0.1, 0.15) is 6.04 Å². The maximum atomic E-state index is 14.1. The lowest BCUT2D eigenvalue weighted by atomic mass is 9.99. The van der Waals surface area contributed by atoms with E-state index >= 15 is 0 Å². The Morgan fingerprint density at radius 2 is 1.00 bits per heavy atom. The number of nitrogens with one attached hydrogen (secondary N) is 3. The normalized spacial score (nSPS) is 13.0. The number of carbonyl (C=O) groups excluding carboxylic acids is 6. The molecule has 17 heteroatoms. The summed E-state index contributed by atoms with van der Waals surface area (Å²) >= 11 is 3.26. The van der Waals surface area contributed by atoms with Gasteiger partial charge < -0.3 is 44.4 Å². The molecule has 404 valence electrons. The quantitative estimate of drug-likeness (QED) is 0.0216. The van der Waals surface area contributed by atoms with Crippen LogP contribution in [-0.4, -0.2) is 132 Å². The molecule has 3 rings (SSSR count). The SMILES string of the molecule is Cc1ccc(SCC(CSc2ccc(C)cc2)C(=O)c2ccc(C(=O)NC(CC(=O)NC(C)COCC(C)COCCC(=O)OCC(C)C)C(=O)NCC(C)COCCOCCC(=O)OCC(C)C)cc2)cc1. The predicted molar refractivity (Wildman–Crippen MR) is 287 cm³/mol. The maximum absolute atomic E-state index is 14.1. The number of thioether (sulfide) groups is 2. The molecule has 3 aromatic carbocycles. The second-order valence-electron chi connectivity index (χ2n) is 19.5. The first-order valence-corrected chi connectivity index (χ1v) is 27.4. The molecule has 3 N–H and O–H groups in total. The molecule has 4 unspecified atom stereocenters. The van der Waals surface area contributed by atoms with Crippen LogP contribution < -0.4 is 16.0 Å². The van der Waals surface area contributed by atoms with E-state index in [2.05, 4.69) is 64.5 Å². The van der Waals surface area contributed by atoms with Crippen molar-refractivity contribution in [1.82, 2.24) is 16.0 Å². The molecular weight excluding hydrogens is 971 g/mol. The van der Waals surface area contributed by atoms with Crippen LogP contribution in [0.15, 0.2) is 82.6 Å². The number of aryl methyl sites for hydroxylation is 2. The van der Waals surface area contributed by atoms with Crippen LogP contribution in [0, 0.1) is 43.4 Å². The average Bonchev–Trinajstić information content (AvgIpc) is 3.35. The van der Waals surface area contributed by atoms with E-state index < -0.39 is 29.8 Å². The van der Waals surface area contributed by atoms with Gasteiger partial charge in [-0.3, -0.25) is 28.8 Å². The molecule has 0 aliphatic rings. The highest BCUT2D eigenvalue weighted by Crippen LogP contribution is 2.29. The van der Waals surface area contributed by atoms with E-state index in [1.54, 1.807) is 54.7 Å². The average molecular weight is 1050 g/mol. The van der Waals surface area contributed by atoms with Crippen LogP contribution in [0.3, 0.4) is 0 Å². The van der Waals surface area contributed by atoms with Crippen molar-refractivity contribution in [3.63, 3.8) is 0 Å². The number of esters is 2. The summed E-state index contributed by atoms with van der Waals surface area (Å²) in [6.45, 7) is 20.8. The van der Waals surface area contributed by atoms with Gasteiger partial charge in [-0.1, -0.05) is 89.1 Å². The Morgan fingerprint density at radius 3 is 1.55 bits per heavy atom. The number of hydrogen-bond donors (Lipinski definition) is 3. The minimum Gasteiger partial charge on any atom is -0.465 e. The summed E-state index contributed by atoms with van der Waals surface area (Å²) in [4.78, 5) is 80.8. The smallest absolute Gasteiger partial charge is 0.308 e. The molecule has 0 aromatic heterocycles. The fraction of sp³-hybridized carbons (Fsp3) is 0.571. The molecule has 0 saturated carbocycles. The molecule has 73 heavy (non-hydrogen) atoms. The van der Waals surface area contributed by atoms with E-state index in [0.717, 1.165) is 20.9 Å². The molecular formula is C56H81N3O12S2. The molecule has 0 saturated heterocycles. The minimum atomic E-state index is -1.24. The lowest BCUT2D eigenvalue weighted by Crippen LogP contribution is -2.50. The van der Waals surface area contributed by atoms with Gasteiger partial charge in [-0.25, -0.2) is 0 Å². The highest BCUT2D eigenvalue weighted by atomic mass is 32.2. The third kappa shape index (κ3) is 27.9. The van der Waals surface area contributed by atoms with Crippen LogP contribution in [0.1, 0.15) is 99.6 Å². The number of Topliss-reactive ketones (excluding diaryl/α,β-unsaturated/α-hetero) is 1. The van der Waals surface area contributed by atoms with E-state index in [1.807, 2.05) is 55.4 Å². The molecule has 0 bridgehead atoms. The Hall–Kier alpha value is -4.78. The Bertz CT molecular complexity index is 2050. The highest BCUT2D eigenvalue weighted by molar-refractivity contribution is 8.00. The van der Waals surface area contributed by atoms with Gasteiger partial charge in [-0.2, -0.15) is 0 Å². The largest absolute Gasteiger partial charge is 0.465 e. The lowest BCUT2D eigenvalue weighted by Gasteiger charge is -2.22. The van der Waals surface area contributed by atoms with Crippen molar-refractivity contribution in [2.45, 2.75) is 103 Å². The second kappa shape index (κ2) is 35.4. The van der Waals surface area contributed by atoms with Crippen molar-refractivity contribution in [2.24, 2.45) is 29.6 Å². The van der Waals surface area contributed by atoms with E-state index in [1.165, 1.54) is 0 Å². The molecule has 4 atom stereocenters. The number of benzene rings is 3. The van der Waals surface area contributed by atoms with Crippen LogP contribution in [-0.2, 0) is 47.6 Å². The summed E-state index contributed by atoms with van der Waals surface area (Å²) in [6, 6.07) is 21.2. The zero-order valence-electron chi connectivity index (χ0n) is 44.5. The Morgan fingerprint density at radius 1 is 0.521 bits per heavy atom. The number of rotatable bonds is 37. The molecule has 3 amide bonds. The summed E-state index contributed by atoms with van der Waals surface area (Å²) in [5.41, 5.74) is 3.00. The fourth-order valence-electron chi connectivity index (χ4n) is 6.61. The summed E-state index contributed by atoms with van der Waals surface area (Å²) in [5.74, 6) is -1.03. The van der Waals surface area contributed by atoms with Crippen LogP contribution in [0.2, 0.25) is 0 Å². The van der Waals surface area contributed by atoms with E-state index in [0.29, 0.717) is 50.1 Å². The second-order valence-corrected chi connectivity index (χ2v) is 21.7. The first kappa shape index (κ1) is 62.5. The van der Waals surface area contributed by atoms with E-state index in [-0.39, 0.29) is 112 Å². The molecule has 15 nitrogen and oxygen atoms in total. The van der Waals surface area contributed by atoms with Gasteiger partial charge in [-0.15, -0.1) is 23.5 Å². The van der Waals surface area contributed by atoms with Crippen molar-refractivity contribution in [1.29, 1.82) is 0 Å². The molecule has 0 fully saturated rings. The number of ketones is 1. The minimum absolute atomic E-state index is 0.0236. The van der Waals surface area contributed by atoms with Crippen molar-refractivity contribution >= 4 is 59.0 Å². The van der Waals surface area contributed by atoms with Crippen LogP contribution in [0.4, 0.5) is 0 Å². The Labute approximate surface area is 442 Å². The summed E-state index contributed by atoms with van der Waals surface area (Å²) in [5, 5.41) is 8.48. The topological polar surface area (TPSA) is 194 Å². The van der Waals surface area contributed by atoms with Crippen molar-refractivity contribution in [3.05, 3.63) is 95.1 Å². The first-order valence-electron chi connectivity index (χ1n) is 25.4. The number of ether oxygens (including phenoxy) is 6. The Kier molecular flexibility index (Phi) is 30.3. The zero-order chi connectivity index (χ0) is 53.5. The summed E-state index contributed by atoms with van der Waals surface area (Å²) in [7, 11) is 0. The molecule has 0 radical (unpaired) electrons. The van der Waals surface area contributed by atoms with E-state index in [9.17, 15) is 28.8 Å². The molecule has 3 aromatic rings. The third-order valence-corrected chi connectivity index (χ3v) is 13.1. The van der Waals surface area contributed by atoms with Gasteiger partial charge in [0.25, 0.3) is 5.91 Å². The van der Waals surface area contributed by atoms with Crippen LogP contribution >= 0.6 is 23.5 Å². The third-order valence-electron chi connectivity index (χ3n) is 10.8. The van der Waals surface area contributed by atoms with E-state index in [4.69, 9.17) is 28.4 Å². The lowest BCUT2D eigenvalue weighted by molar-refractivity contribution is -0.147.